The van der Waals surface area contributed by atoms with Gasteiger partial charge in [-0.2, -0.15) is 0 Å². The highest BCUT2D eigenvalue weighted by atomic mass is 16.1. The van der Waals surface area contributed by atoms with Crippen LogP contribution in [0, 0.1) is 5.92 Å². The van der Waals surface area contributed by atoms with Crippen molar-refractivity contribution in [2.24, 2.45) is 5.92 Å². The van der Waals surface area contributed by atoms with Crippen molar-refractivity contribution < 1.29 is 4.79 Å². The largest absolute Gasteiger partial charge is 0.303 e. The molecule has 0 aromatic heterocycles. The summed E-state index contributed by atoms with van der Waals surface area (Å²) in [6.07, 6.45) is 15.1. The fraction of sp³-hybridized carbons (Fsp3) is 0.786. The average Bonchev–Trinajstić information content (AvgIpc) is 2.22. The number of hydrogen-bond donors (Lipinski definition) is 0. The van der Waals surface area contributed by atoms with Gasteiger partial charge in [0, 0.05) is 6.42 Å². The summed E-state index contributed by atoms with van der Waals surface area (Å²) in [5.41, 5.74) is 0. The van der Waals surface area contributed by atoms with E-state index in [9.17, 15) is 4.79 Å². The maximum Gasteiger partial charge on any atom is 0.120 e. The minimum absolute atomic E-state index is 0.576. The molecule has 1 heteroatoms. The summed E-state index contributed by atoms with van der Waals surface area (Å²) in [7, 11) is 0. The molecule has 0 spiro atoms. The van der Waals surface area contributed by atoms with Gasteiger partial charge in [-0.15, -0.1) is 0 Å². The monoisotopic (exact) mass is 210 g/mol. The number of rotatable bonds is 10. The van der Waals surface area contributed by atoms with Crippen molar-refractivity contribution in [2.75, 3.05) is 0 Å². The van der Waals surface area contributed by atoms with Crippen molar-refractivity contribution >= 4 is 6.29 Å². The molecule has 1 nitrogen and oxygen atoms in total. The number of carbonyl (C=O) groups excluding carboxylic acids is 1. The van der Waals surface area contributed by atoms with Crippen molar-refractivity contribution in [1.82, 2.24) is 0 Å². The third kappa shape index (κ3) is 11.3. The van der Waals surface area contributed by atoms with Crippen LogP contribution in [0.4, 0.5) is 0 Å². The van der Waals surface area contributed by atoms with Gasteiger partial charge in [-0.1, -0.05) is 51.7 Å². The van der Waals surface area contributed by atoms with Crippen LogP contribution in [0.1, 0.15) is 65.2 Å². The maximum absolute atomic E-state index is 10.2. The Labute approximate surface area is 95.0 Å². The Morgan fingerprint density at radius 2 is 1.73 bits per heavy atom. The molecular weight excluding hydrogens is 184 g/mol. The average molecular weight is 210 g/mol. The van der Waals surface area contributed by atoms with Crippen LogP contribution < -0.4 is 0 Å². The lowest BCUT2D eigenvalue weighted by atomic mass is 10.0. The van der Waals surface area contributed by atoms with Gasteiger partial charge in [0.15, 0.2) is 0 Å². The molecule has 0 rings (SSSR count). The second kappa shape index (κ2) is 11.5. The van der Waals surface area contributed by atoms with Gasteiger partial charge < -0.3 is 4.79 Å². The van der Waals surface area contributed by atoms with Gasteiger partial charge in [-0.3, -0.25) is 0 Å². The molecule has 0 aromatic rings. The molecule has 0 fully saturated rings. The summed E-state index contributed by atoms with van der Waals surface area (Å²) in [4.78, 5) is 10.2. The van der Waals surface area contributed by atoms with E-state index in [0.29, 0.717) is 5.92 Å². The van der Waals surface area contributed by atoms with Crippen molar-refractivity contribution in [3.63, 3.8) is 0 Å². The lowest BCUT2D eigenvalue weighted by Gasteiger charge is -2.05. The molecule has 0 amide bonds. The van der Waals surface area contributed by atoms with Gasteiger partial charge in [0.05, 0.1) is 0 Å². The number of aldehydes is 1. The molecule has 0 saturated heterocycles. The smallest absolute Gasteiger partial charge is 0.120 e. The molecule has 0 saturated carbocycles. The van der Waals surface area contributed by atoms with Gasteiger partial charge in [-0.05, 0) is 25.2 Å². The highest BCUT2D eigenvalue weighted by Gasteiger charge is 1.99. The van der Waals surface area contributed by atoms with E-state index in [1.807, 2.05) is 0 Å². The normalized spacial score (nSPS) is 13.2. The predicted molar refractivity (Wildman–Crippen MR) is 67.0 cm³/mol. The highest BCUT2D eigenvalue weighted by molar-refractivity contribution is 5.49. The van der Waals surface area contributed by atoms with Crippen LogP contribution >= 0.6 is 0 Å². The van der Waals surface area contributed by atoms with Crippen LogP contribution in [0.5, 0.6) is 0 Å². The Hall–Kier alpha value is -0.590. The quantitative estimate of drug-likeness (QED) is 0.294. The number of hydrogen-bond acceptors (Lipinski definition) is 1. The van der Waals surface area contributed by atoms with Gasteiger partial charge in [0.2, 0.25) is 0 Å². The van der Waals surface area contributed by atoms with Crippen LogP contribution in [0.15, 0.2) is 12.2 Å². The van der Waals surface area contributed by atoms with E-state index < -0.39 is 0 Å². The molecule has 0 aliphatic heterocycles. The lowest BCUT2D eigenvalue weighted by Crippen LogP contribution is -1.94. The molecule has 1 unspecified atom stereocenters. The molecule has 1 atom stereocenters. The predicted octanol–water partition coefficient (Wildman–Crippen LogP) is 4.52. The van der Waals surface area contributed by atoms with Crippen molar-refractivity contribution in [3.8, 4) is 0 Å². The summed E-state index contributed by atoms with van der Waals surface area (Å²) in [5.74, 6) is 0.576. The summed E-state index contributed by atoms with van der Waals surface area (Å²) in [6.45, 7) is 4.38. The first-order valence-corrected chi connectivity index (χ1v) is 6.39. The van der Waals surface area contributed by atoms with E-state index in [1.54, 1.807) is 0 Å². The molecule has 0 N–H and O–H groups in total. The van der Waals surface area contributed by atoms with Gasteiger partial charge in [-0.25, -0.2) is 0 Å². The lowest BCUT2D eigenvalue weighted by molar-refractivity contribution is -0.108. The minimum Gasteiger partial charge on any atom is -0.303 e. The number of carbonyl (C=O) groups is 1. The summed E-state index contributed by atoms with van der Waals surface area (Å²) < 4.78 is 0. The van der Waals surface area contributed by atoms with Crippen molar-refractivity contribution in [2.45, 2.75) is 65.2 Å². The summed E-state index contributed by atoms with van der Waals surface area (Å²) in [5, 5.41) is 0. The van der Waals surface area contributed by atoms with Crippen LogP contribution in [-0.2, 0) is 4.79 Å². The second-order valence-corrected chi connectivity index (χ2v) is 4.41. The number of unbranched alkanes of at least 4 members (excludes halogenated alkanes) is 4. The van der Waals surface area contributed by atoms with Crippen LogP contribution in [-0.4, -0.2) is 6.29 Å². The Morgan fingerprint density at radius 1 is 1.07 bits per heavy atom. The van der Waals surface area contributed by atoms with E-state index in [1.165, 1.54) is 44.9 Å². The number of allylic oxidation sites excluding steroid dienone is 2. The Balaban J connectivity index is 3.16. The zero-order valence-corrected chi connectivity index (χ0v) is 10.4. The minimum atomic E-state index is 0.576. The summed E-state index contributed by atoms with van der Waals surface area (Å²) in [6, 6.07) is 0. The van der Waals surface area contributed by atoms with Crippen molar-refractivity contribution in [1.29, 1.82) is 0 Å². The summed E-state index contributed by atoms with van der Waals surface area (Å²) >= 11 is 0. The fourth-order valence-corrected chi connectivity index (χ4v) is 1.59. The first kappa shape index (κ1) is 14.4. The van der Waals surface area contributed by atoms with E-state index in [-0.39, 0.29) is 0 Å². The van der Waals surface area contributed by atoms with E-state index in [2.05, 4.69) is 26.0 Å². The standard InChI is InChI=1S/C14H26O/c1-3-4-5-6-7-8-9-10-11-14(2)12-13-15/h6-7,13-14H,3-5,8-12H2,1-2H3/b7-6+. The topological polar surface area (TPSA) is 17.1 Å². The van der Waals surface area contributed by atoms with Crippen LogP contribution in [0.25, 0.3) is 0 Å². The van der Waals surface area contributed by atoms with Crippen LogP contribution in [0.2, 0.25) is 0 Å². The van der Waals surface area contributed by atoms with Gasteiger partial charge in [0.1, 0.15) is 6.29 Å². The molecule has 15 heavy (non-hydrogen) atoms. The third-order valence-electron chi connectivity index (χ3n) is 2.71. The molecule has 0 radical (unpaired) electrons. The maximum atomic E-state index is 10.2. The van der Waals surface area contributed by atoms with Gasteiger partial charge >= 0.3 is 0 Å². The Kier molecular flexibility index (Phi) is 11.0. The molecule has 0 heterocycles. The zero-order valence-electron chi connectivity index (χ0n) is 10.4. The van der Waals surface area contributed by atoms with E-state index >= 15 is 0 Å². The van der Waals surface area contributed by atoms with E-state index in [4.69, 9.17) is 0 Å². The third-order valence-corrected chi connectivity index (χ3v) is 2.71. The van der Waals surface area contributed by atoms with Gasteiger partial charge in [0.25, 0.3) is 0 Å². The molecule has 88 valence electrons. The molecule has 0 bridgehead atoms. The van der Waals surface area contributed by atoms with Crippen molar-refractivity contribution in [3.05, 3.63) is 12.2 Å². The SMILES string of the molecule is CCCC/C=C/CCCCC(C)CC=O. The molecule has 0 aliphatic carbocycles. The Morgan fingerprint density at radius 3 is 2.33 bits per heavy atom. The second-order valence-electron chi connectivity index (χ2n) is 4.41. The highest BCUT2D eigenvalue weighted by Crippen LogP contribution is 2.11. The first-order valence-electron chi connectivity index (χ1n) is 6.39. The Bertz CT molecular complexity index is 161. The van der Waals surface area contributed by atoms with Crippen LogP contribution in [0.3, 0.4) is 0 Å². The zero-order chi connectivity index (χ0) is 11.4. The first-order chi connectivity index (χ1) is 7.31. The van der Waals surface area contributed by atoms with E-state index in [0.717, 1.165) is 12.7 Å². The fourth-order valence-electron chi connectivity index (χ4n) is 1.59. The molecule has 0 aliphatic rings. The molecular formula is C14H26O. The molecule has 0 aromatic carbocycles.